The molecule has 1 aliphatic heterocycles. The lowest BCUT2D eigenvalue weighted by Gasteiger charge is -2.22. The van der Waals surface area contributed by atoms with Crippen molar-refractivity contribution in [1.29, 1.82) is 0 Å². The maximum Gasteiger partial charge on any atom is 0.187 e. The van der Waals surface area contributed by atoms with Gasteiger partial charge in [0.05, 0.1) is 45.6 Å². The highest BCUT2D eigenvalue weighted by atomic mass is 16.5. The lowest BCUT2D eigenvalue weighted by molar-refractivity contribution is 0.256. The number of rotatable bonds is 22. The van der Waals surface area contributed by atoms with Gasteiger partial charge in [-0.25, -0.2) is 9.69 Å². The Morgan fingerprint density at radius 2 is 1.08 bits per heavy atom. The second kappa shape index (κ2) is 30.7. The molecule has 0 saturated heterocycles. The van der Waals surface area contributed by atoms with Gasteiger partial charge in [-0.05, 0) is 106 Å². The highest BCUT2D eigenvalue weighted by molar-refractivity contribution is 6.02. The molecule has 1 aliphatic rings. The van der Waals surface area contributed by atoms with Crippen molar-refractivity contribution >= 4 is 17.2 Å². The molecule has 404 valence electrons. The molecule has 8 aromatic rings. The van der Waals surface area contributed by atoms with E-state index in [0.29, 0.717) is 92.7 Å². The molecule has 0 bridgehead atoms. The molecule has 0 fully saturated rings. The van der Waals surface area contributed by atoms with Crippen molar-refractivity contribution < 1.29 is 33.9 Å². The van der Waals surface area contributed by atoms with E-state index < -0.39 is 0 Å². The topological polar surface area (TPSA) is 149 Å². The fourth-order valence-electron chi connectivity index (χ4n) is 8.76. The smallest absolute Gasteiger partial charge is 0.187 e. The summed E-state index contributed by atoms with van der Waals surface area (Å²) < 4.78 is 30.1. The number of aliphatic imine (C=N–C) groups is 1. The SMILES string of the molecule is NCCNCCO.[C-]#[N+]c1cccc(COc2cc(OCc3cccc(-c4ccccc4)c3C)ccc2C2=NCCN2CCO)c1.[C-]#[N+]c1cccc(COc2cc(OCc3cccc(-c4ccccc4)c3C)ccc2OC)c1. The van der Waals surface area contributed by atoms with Crippen molar-refractivity contribution in [1.82, 2.24) is 10.2 Å². The lowest BCUT2D eigenvalue weighted by atomic mass is 9.97. The molecule has 0 spiro atoms. The minimum absolute atomic E-state index is 0.0568. The quantitative estimate of drug-likeness (QED) is 0.0382. The minimum Gasteiger partial charge on any atom is -0.493 e. The first-order valence-corrected chi connectivity index (χ1v) is 26.2. The molecule has 0 aliphatic carbocycles. The fourth-order valence-corrected chi connectivity index (χ4v) is 8.76. The van der Waals surface area contributed by atoms with Gasteiger partial charge in [0.25, 0.3) is 0 Å². The highest BCUT2D eigenvalue weighted by Crippen LogP contribution is 2.35. The molecule has 0 atom stereocenters. The maximum absolute atomic E-state index is 9.53. The summed E-state index contributed by atoms with van der Waals surface area (Å²) >= 11 is 0. The van der Waals surface area contributed by atoms with Gasteiger partial charge in [-0.1, -0.05) is 133 Å². The third-order valence-electron chi connectivity index (χ3n) is 13.0. The van der Waals surface area contributed by atoms with E-state index >= 15 is 0 Å². The Morgan fingerprint density at radius 1 is 0.544 bits per heavy atom. The zero-order chi connectivity index (χ0) is 55.6. The Balaban J connectivity index is 0.000000206. The zero-order valence-electron chi connectivity index (χ0n) is 45.1. The number of aliphatic hydroxyl groups is 2. The molecular weight excluding hydrogens is 989 g/mol. The molecular formula is C66H68N6O7. The van der Waals surface area contributed by atoms with Crippen LogP contribution in [0.25, 0.3) is 31.9 Å². The normalized spacial score (nSPS) is 11.4. The molecule has 0 radical (unpaired) electrons. The summed E-state index contributed by atoms with van der Waals surface area (Å²) in [6, 6.07) is 59.5. The van der Waals surface area contributed by atoms with Gasteiger partial charge in [0.1, 0.15) is 49.5 Å². The lowest BCUT2D eigenvalue weighted by Crippen LogP contribution is -2.31. The van der Waals surface area contributed by atoms with Crippen LogP contribution in [-0.4, -0.2) is 80.5 Å². The van der Waals surface area contributed by atoms with E-state index in [4.69, 9.17) is 52.7 Å². The van der Waals surface area contributed by atoms with Crippen molar-refractivity contribution in [2.24, 2.45) is 10.7 Å². The molecule has 79 heavy (non-hydrogen) atoms. The number of nitrogens with zero attached hydrogens (tertiary/aromatic N) is 4. The predicted octanol–water partition coefficient (Wildman–Crippen LogP) is 12.3. The van der Waals surface area contributed by atoms with E-state index in [0.717, 1.165) is 46.7 Å². The fraction of sp³-hybridized carbons (Fsp3) is 0.227. The average molecular weight is 1060 g/mol. The molecule has 0 unspecified atom stereocenters. The molecule has 9 rings (SSSR count). The van der Waals surface area contributed by atoms with Gasteiger partial charge < -0.3 is 49.8 Å². The van der Waals surface area contributed by atoms with E-state index in [-0.39, 0.29) is 13.2 Å². The van der Waals surface area contributed by atoms with Crippen molar-refractivity contribution in [3.05, 3.63) is 244 Å². The summed E-state index contributed by atoms with van der Waals surface area (Å²) in [5.41, 5.74) is 18.4. The Kier molecular flexibility index (Phi) is 22.4. The van der Waals surface area contributed by atoms with E-state index in [1.165, 1.54) is 33.4 Å². The molecule has 0 aromatic heterocycles. The van der Waals surface area contributed by atoms with Crippen LogP contribution < -0.4 is 34.7 Å². The summed E-state index contributed by atoms with van der Waals surface area (Å²) in [7, 11) is 1.61. The van der Waals surface area contributed by atoms with Crippen LogP contribution in [0, 0.1) is 27.0 Å². The molecule has 13 nitrogen and oxygen atoms in total. The van der Waals surface area contributed by atoms with Gasteiger partial charge in [0, 0.05) is 44.9 Å². The summed E-state index contributed by atoms with van der Waals surface area (Å²) in [4.78, 5) is 13.8. The Labute approximate surface area is 464 Å². The minimum atomic E-state index is 0.0568. The third kappa shape index (κ3) is 16.8. The Morgan fingerprint density at radius 3 is 1.59 bits per heavy atom. The first-order chi connectivity index (χ1) is 38.7. The van der Waals surface area contributed by atoms with Crippen LogP contribution in [-0.2, 0) is 26.4 Å². The summed E-state index contributed by atoms with van der Waals surface area (Å²) in [5, 5.41) is 20.6. The van der Waals surface area contributed by atoms with Gasteiger partial charge in [-0.2, -0.15) is 0 Å². The van der Waals surface area contributed by atoms with Crippen LogP contribution in [0.3, 0.4) is 0 Å². The second-order valence-corrected chi connectivity index (χ2v) is 18.3. The van der Waals surface area contributed by atoms with Gasteiger partial charge in [-0.3, -0.25) is 4.99 Å². The number of benzene rings is 8. The Bertz CT molecular complexity index is 3320. The predicted molar refractivity (Wildman–Crippen MR) is 314 cm³/mol. The van der Waals surface area contributed by atoms with E-state index in [2.05, 4.69) is 119 Å². The number of hydrogen-bond donors (Lipinski definition) is 4. The molecule has 0 amide bonds. The number of ether oxygens (including phenoxy) is 5. The number of aliphatic hydroxyl groups excluding tert-OH is 2. The number of methoxy groups -OCH3 is 1. The first kappa shape index (κ1) is 57.7. The van der Waals surface area contributed by atoms with Crippen molar-refractivity contribution in [3.8, 4) is 51.0 Å². The van der Waals surface area contributed by atoms with Crippen molar-refractivity contribution in [3.63, 3.8) is 0 Å². The van der Waals surface area contributed by atoms with Gasteiger partial charge >= 0.3 is 0 Å². The van der Waals surface area contributed by atoms with Crippen LogP contribution in [0.4, 0.5) is 11.4 Å². The van der Waals surface area contributed by atoms with Crippen LogP contribution >= 0.6 is 0 Å². The number of amidine groups is 1. The number of β-amino-alcohol motifs (C(OH)–C–C–N with tert-alkyl or cyclic N) is 1. The second-order valence-electron chi connectivity index (χ2n) is 18.3. The van der Waals surface area contributed by atoms with E-state index in [1.54, 1.807) is 19.2 Å². The largest absolute Gasteiger partial charge is 0.493 e. The van der Waals surface area contributed by atoms with Crippen molar-refractivity contribution in [2.75, 3.05) is 59.6 Å². The molecule has 13 heteroatoms. The molecule has 5 N–H and O–H groups in total. The van der Waals surface area contributed by atoms with Crippen LogP contribution in [0.5, 0.6) is 28.7 Å². The standard InChI is InChI=1S/C33H31N3O3.C29H25NO3.C4H12N2O/c1-24-27(11-7-13-30(24)26-9-4-3-5-10-26)23-38-29-14-15-31(33-35-16-17-36(33)18-19-37)32(21-29)39-22-25-8-6-12-28(20-25)34-2;1-21-24(12-8-14-27(21)23-10-5-4-6-11-23)20-32-26-15-16-28(31-3)29(18-26)33-19-22-9-7-13-25(17-22)30-2;5-1-2-6-3-4-7/h3-15,20-21,37H,16-19,22-23H2,1H3;4-18H,19-20H2,1,3H3;6-7H,1-5H2. The van der Waals surface area contributed by atoms with Crippen LogP contribution in [0.2, 0.25) is 0 Å². The van der Waals surface area contributed by atoms with Crippen LogP contribution in [0.1, 0.15) is 38.9 Å². The molecule has 1 heterocycles. The monoisotopic (exact) mass is 1060 g/mol. The average Bonchev–Trinajstić information content (AvgIpc) is 3.97. The number of nitrogens with two attached hydrogens (primary N) is 1. The van der Waals surface area contributed by atoms with Gasteiger partial charge in [-0.15, -0.1) is 0 Å². The number of nitrogens with one attached hydrogen (secondary N) is 1. The van der Waals surface area contributed by atoms with Gasteiger partial charge in [0.15, 0.2) is 22.9 Å². The molecule has 8 aromatic carbocycles. The summed E-state index contributed by atoms with van der Waals surface area (Å²) in [6.45, 7) is 24.5. The molecule has 0 saturated carbocycles. The van der Waals surface area contributed by atoms with Crippen LogP contribution in [0.15, 0.2) is 187 Å². The Hall–Kier alpha value is -8.95. The highest BCUT2D eigenvalue weighted by Gasteiger charge is 2.22. The third-order valence-corrected chi connectivity index (χ3v) is 13.0. The van der Waals surface area contributed by atoms with E-state index in [9.17, 15) is 5.11 Å². The van der Waals surface area contributed by atoms with Gasteiger partial charge in [0.2, 0.25) is 0 Å². The van der Waals surface area contributed by atoms with Crippen molar-refractivity contribution in [2.45, 2.75) is 40.3 Å². The van der Waals surface area contributed by atoms with E-state index in [1.807, 2.05) is 84.9 Å². The zero-order valence-corrected chi connectivity index (χ0v) is 45.1. The maximum atomic E-state index is 9.53. The summed E-state index contributed by atoms with van der Waals surface area (Å²) in [6.07, 6.45) is 0. The first-order valence-electron chi connectivity index (χ1n) is 26.2. The number of hydrogen-bond acceptors (Lipinski definition) is 11. The summed E-state index contributed by atoms with van der Waals surface area (Å²) in [5.74, 6) is 4.08.